The average molecular weight is 199 g/mol. The molecule has 0 saturated carbocycles. The maximum Gasteiger partial charge on any atom is 0.0604 e. The molecule has 0 radical (unpaired) electrons. The minimum atomic E-state index is 0. The highest BCUT2D eigenvalue weighted by atomic mass is 35.5. The van der Waals surface area contributed by atoms with Crippen molar-refractivity contribution < 1.29 is 0 Å². The third-order valence-corrected chi connectivity index (χ3v) is 2.54. The summed E-state index contributed by atoms with van der Waals surface area (Å²) in [6.07, 6.45) is 5.58. The Morgan fingerprint density at radius 1 is 1.54 bits per heavy atom. The van der Waals surface area contributed by atoms with E-state index in [9.17, 15) is 0 Å². The Balaban J connectivity index is 0.000000845. The highest BCUT2D eigenvalue weighted by Gasteiger charge is 2.18. The number of halogens is 1. The van der Waals surface area contributed by atoms with Crippen LogP contribution in [0.5, 0.6) is 0 Å². The van der Waals surface area contributed by atoms with Crippen LogP contribution >= 0.6 is 12.4 Å². The Bertz CT molecular complexity index is 275. The van der Waals surface area contributed by atoms with Crippen molar-refractivity contribution in [3.8, 4) is 0 Å². The summed E-state index contributed by atoms with van der Waals surface area (Å²) in [5, 5.41) is 3.30. The molecule has 3 heteroatoms. The number of aryl methyl sites for hydroxylation is 1. The van der Waals surface area contributed by atoms with E-state index in [-0.39, 0.29) is 12.4 Å². The fourth-order valence-corrected chi connectivity index (χ4v) is 1.89. The molecule has 2 nitrogen and oxygen atoms in total. The van der Waals surface area contributed by atoms with E-state index in [1.54, 1.807) is 0 Å². The molecular weight excluding hydrogens is 184 g/mol. The van der Waals surface area contributed by atoms with Crippen molar-refractivity contribution in [2.45, 2.75) is 25.3 Å². The van der Waals surface area contributed by atoms with E-state index in [1.807, 2.05) is 19.3 Å². The van der Waals surface area contributed by atoms with Crippen molar-refractivity contribution in [2.75, 3.05) is 7.05 Å². The molecule has 2 rings (SSSR count). The molecule has 1 N–H and O–H groups in total. The Morgan fingerprint density at radius 3 is 3.15 bits per heavy atom. The molecule has 1 aliphatic rings. The molecule has 0 aliphatic heterocycles. The summed E-state index contributed by atoms with van der Waals surface area (Å²) >= 11 is 0. The molecule has 1 aliphatic carbocycles. The SMILES string of the molecule is CNC1CCCc2cccnc21.Cl. The Labute approximate surface area is 85.2 Å². The van der Waals surface area contributed by atoms with Gasteiger partial charge >= 0.3 is 0 Å². The Morgan fingerprint density at radius 2 is 2.38 bits per heavy atom. The first-order valence-electron chi connectivity index (χ1n) is 4.53. The van der Waals surface area contributed by atoms with Crippen LogP contribution in [0.25, 0.3) is 0 Å². The lowest BCUT2D eigenvalue weighted by molar-refractivity contribution is 0.483. The molecule has 1 heterocycles. The van der Waals surface area contributed by atoms with Crippen LogP contribution in [0.4, 0.5) is 0 Å². The lowest BCUT2D eigenvalue weighted by atomic mass is 9.92. The largest absolute Gasteiger partial charge is 0.312 e. The number of fused-ring (bicyclic) bond motifs is 1. The molecule has 0 bridgehead atoms. The molecule has 0 amide bonds. The number of hydrogen-bond acceptors (Lipinski definition) is 2. The van der Waals surface area contributed by atoms with Gasteiger partial charge in [-0.25, -0.2) is 0 Å². The van der Waals surface area contributed by atoms with E-state index in [0.29, 0.717) is 6.04 Å². The molecule has 13 heavy (non-hydrogen) atoms. The minimum absolute atomic E-state index is 0. The van der Waals surface area contributed by atoms with Gasteiger partial charge in [0, 0.05) is 12.2 Å². The van der Waals surface area contributed by atoms with Gasteiger partial charge in [-0.15, -0.1) is 12.4 Å². The number of rotatable bonds is 1. The first-order valence-corrected chi connectivity index (χ1v) is 4.53. The van der Waals surface area contributed by atoms with Crippen LogP contribution in [0.3, 0.4) is 0 Å². The molecule has 1 unspecified atom stereocenters. The van der Waals surface area contributed by atoms with Crippen LogP contribution in [-0.4, -0.2) is 12.0 Å². The molecule has 1 atom stereocenters. The van der Waals surface area contributed by atoms with Crippen molar-refractivity contribution in [1.82, 2.24) is 10.3 Å². The van der Waals surface area contributed by atoms with E-state index >= 15 is 0 Å². The zero-order chi connectivity index (χ0) is 8.39. The molecule has 0 saturated heterocycles. The first-order chi connectivity index (χ1) is 5.92. The lowest BCUT2D eigenvalue weighted by Gasteiger charge is -2.23. The van der Waals surface area contributed by atoms with Gasteiger partial charge in [-0.1, -0.05) is 6.07 Å². The third-order valence-electron chi connectivity index (χ3n) is 2.54. The first kappa shape index (κ1) is 10.5. The van der Waals surface area contributed by atoms with Gasteiger partial charge in [0.1, 0.15) is 0 Å². The topological polar surface area (TPSA) is 24.9 Å². The van der Waals surface area contributed by atoms with Gasteiger partial charge in [-0.3, -0.25) is 4.98 Å². The fourth-order valence-electron chi connectivity index (χ4n) is 1.89. The number of nitrogens with one attached hydrogen (secondary N) is 1. The van der Waals surface area contributed by atoms with E-state index in [0.717, 1.165) is 0 Å². The van der Waals surface area contributed by atoms with Crippen molar-refractivity contribution in [3.63, 3.8) is 0 Å². The monoisotopic (exact) mass is 198 g/mol. The second kappa shape index (κ2) is 4.58. The molecule has 72 valence electrons. The van der Waals surface area contributed by atoms with Crippen LogP contribution < -0.4 is 5.32 Å². The second-order valence-corrected chi connectivity index (χ2v) is 3.28. The quantitative estimate of drug-likeness (QED) is 0.748. The van der Waals surface area contributed by atoms with E-state index in [4.69, 9.17) is 0 Å². The van der Waals surface area contributed by atoms with Gasteiger partial charge < -0.3 is 5.32 Å². The van der Waals surface area contributed by atoms with Gasteiger partial charge in [0.25, 0.3) is 0 Å². The molecule has 0 aromatic carbocycles. The maximum atomic E-state index is 4.41. The van der Waals surface area contributed by atoms with Gasteiger partial charge in [-0.2, -0.15) is 0 Å². The van der Waals surface area contributed by atoms with E-state index < -0.39 is 0 Å². The summed E-state index contributed by atoms with van der Waals surface area (Å²) < 4.78 is 0. The molecule has 0 spiro atoms. The maximum absolute atomic E-state index is 4.41. The Hall–Kier alpha value is -0.600. The van der Waals surface area contributed by atoms with Crippen molar-refractivity contribution >= 4 is 12.4 Å². The summed E-state index contributed by atoms with van der Waals surface area (Å²) in [6, 6.07) is 4.69. The predicted octanol–water partition coefficient (Wildman–Crippen LogP) is 2.10. The predicted molar refractivity (Wildman–Crippen MR) is 56.2 cm³/mol. The number of nitrogens with zero attached hydrogens (tertiary/aromatic N) is 1. The summed E-state index contributed by atoms with van der Waals surface area (Å²) in [4.78, 5) is 4.41. The van der Waals surface area contributed by atoms with Gasteiger partial charge in [-0.05, 0) is 37.9 Å². The molecular formula is C10H15ClN2. The van der Waals surface area contributed by atoms with Crippen LogP contribution in [0, 0.1) is 0 Å². The molecule has 1 aromatic heterocycles. The number of aromatic nitrogens is 1. The highest BCUT2D eigenvalue weighted by molar-refractivity contribution is 5.85. The summed E-state index contributed by atoms with van der Waals surface area (Å²) in [5.41, 5.74) is 2.68. The standard InChI is InChI=1S/C10H14N2.ClH/c1-11-9-6-2-4-8-5-3-7-12-10(8)9;/h3,5,7,9,11H,2,4,6H2,1H3;1H. The third kappa shape index (κ3) is 2.01. The summed E-state index contributed by atoms with van der Waals surface area (Å²) in [5.74, 6) is 0. The Kier molecular flexibility index (Phi) is 3.70. The summed E-state index contributed by atoms with van der Waals surface area (Å²) in [6.45, 7) is 0. The minimum Gasteiger partial charge on any atom is -0.312 e. The van der Waals surface area contributed by atoms with Crippen molar-refractivity contribution in [3.05, 3.63) is 29.6 Å². The summed E-state index contributed by atoms with van der Waals surface area (Å²) in [7, 11) is 2.01. The zero-order valence-corrected chi connectivity index (χ0v) is 8.60. The van der Waals surface area contributed by atoms with Crippen LogP contribution in [-0.2, 0) is 6.42 Å². The van der Waals surface area contributed by atoms with Gasteiger partial charge in [0.15, 0.2) is 0 Å². The van der Waals surface area contributed by atoms with Crippen LogP contribution in [0.1, 0.15) is 30.1 Å². The zero-order valence-electron chi connectivity index (χ0n) is 7.79. The lowest BCUT2D eigenvalue weighted by Crippen LogP contribution is -2.22. The molecule has 0 fully saturated rings. The fraction of sp³-hybridized carbons (Fsp3) is 0.500. The van der Waals surface area contributed by atoms with Crippen LogP contribution in [0.15, 0.2) is 18.3 Å². The molecule has 1 aromatic rings. The van der Waals surface area contributed by atoms with Gasteiger partial charge in [0.2, 0.25) is 0 Å². The average Bonchev–Trinajstić information content (AvgIpc) is 2.17. The second-order valence-electron chi connectivity index (χ2n) is 3.28. The van der Waals surface area contributed by atoms with Gasteiger partial charge in [0.05, 0.1) is 5.69 Å². The van der Waals surface area contributed by atoms with E-state index in [1.165, 1.54) is 30.5 Å². The van der Waals surface area contributed by atoms with Crippen molar-refractivity contribution in [1.29, 1.82) is 0 Å². The normalized spacial score (nSPS) is 20.2. The van der Waals surface area contributed by atoms with Crippen molar-refractivity contribution in [2.24, 2.45) is 0 Å². The van der Waals surface area contributed by atoms with E-state index in [2.05, 4.69) is 16.4 Å². The number of pyridine rings is 1. The number of hydrogen-bond donors (Lipinski definition) is 1. The highest BCUT2D eigenvalue weighted by Crippen LogP contribution is 2.26. The smallest absolute Gasteiger partial charge is 0.0604 e. The van der Waals surface area contributed by atoms with Crippen LogP contribution in [0.2, 0.25) is 0 Å².